The molecule has 1 aromatic carbocycles. The minimum Gasteiger partial charge on any atom is -0.299 e. The molecule has 0 saturated heterocycles. The molecule has 0 aromatic heterocycles. The van der Waals surface area contributed by atoms with Gasteiger partial charge in [-0.3, -0.25) is 4.79 Å². The maximum atomic E-state index is 11.5. The number of rotatable bonds is 4. The number of nitrogens with zero attached hydrogens (tertiary/aromatic N) is 1. The molecule has 0 N–H and O–H groups in total. The van der Waals surface area contributed by atoms with E-state index in [1.165, 1.54) is 13.0 Å². The van der Waals surface area contributed by atoms with Crippen LogP contribution in [0, 0.1) is 11.3 Å². The molecule has 4 nitrogen and oxygen atoms in total. The van der Waals surface area contributed by atoms with Gasteiger partial charge < -0.3 is 0 Å². The first-order valence-corrected chi connectivity index (χ1v) is 6.44. The molecule has 0 amide bonds. The molecule has 0 aliphatic heterocycles. The summed E-state index contributed by atoms with van der Waals surface area (Å²) < 4.78 is 23.0. The molecule has 16 heavy (non-hydrogen) atoms. The van der Waals surface area contributed by atoms with E-state index in [1.54, 1.807) is 18.2 Å². The molecule has 1 rings (SSSR count). The molecule has 0 unspecified atom stereocenters. The summed E-state index contributed by atoms with van der Waals surface area (Å²) in [7, 11) is -3.42. The molecular formula is C11H11NO3S. The molecule has 0 spiro atoms. The molecule has 1 aromatic rings. The lowest BCUT2D eigenvalue weighted by Crippen LogP contribution is -2.15. The first-order valence-electron chi connectivity index (χ1n) is 4.62. The van der Waals surface area contributed by atoms with Crippen molar-refractivity contribution < 1.29 is 13.2 Å². The Kier molecular flexibility index (Phi) is 3.80. The van der Waals surface area contributed by atoms with Crippen molar-refractivity contribution in [2.45, 2.75) is 12.7 Å². The van der Waals surface area contributed by atoms with E-state index < -0.39 is 15.6 Å². The van der Waals surface area contributed by atoms with Gasteiger partial charge in [-0.25, -0.2) is 8.42 Å². The first-order chi connectivity index (χ1) is 7.43. The zero-order valence-corrected chi connectivity index (χ0v) is 9.62. The number of benzene rings is 1. The van der Waals surface area contributed by atoms with Gasteiger partial charge in [-0.1, -0.05) is 12.1 Å². The highest BCUT2D eigenvalue weighted by Gasteiger charge is 2.14. The van der Waals surface area contributed by atoms with Crippen LogP contribution < -0.4 is 0 Å². The third-order valence-electron chi connectivity index (χ3n) is 1.87. The van der Waals surface area contributed by atoms with Crippen molar-refractivity contribution in [2.24, 2.45) is 0 Å². The Balaban J connectivity index is 2.89. The molecule has 0 fully saturated rings. The van der Waals surface area contributed by atoms with Gasteiger partial charge in [0.05, 0.1) is 17.4 Å². The molecular weight excluding hydrogens is 226 g/mol. The van der Waals surface area contributed by atoms with Gasteiger partial charge in [-0.05, 0) is 24.6 Å². The lowest BCUT2D eigenvalue weighted by molar-refractivity contribution is -0.114. The van der Waals surface area contributed by atoms with Gasteiger partial charge in [0.15, 0.2) is 9.84 Å². The maximum Gasteiger partial charge on any atom is 0.161 e. The molecule has 5 heteroatoms. The van der Waals surface area contributed by atoms with E-state index in [1.807, 2.05) is 6.07 Å². The number of Topliss-reactive ketones (excluding diaryl/α,β-unsaturated/α-hetero) is 1. The van der Waals surface area contributed by atoms with Crippen molar-refractivity contribution in [1.82, 2.24) is 0 Å². The van der Waals surface area contributed by atoms with Crippen LogP contribution >= 0.6 is 0 Å². The highest BCUT2D eigenvalue weighted by Crippen LogP contribution is 2.09. The van der Waals surface area contributed by atoms with Crippen molar-refractivity contribution >= 4 is 15.6 Å². The molecule has 0 aliphatic rings. The second-order valence-electron chi connectivity index (χ2n) is 3.55. The summed E-state index contributed by atoms with van der Waals surface area (Å²) in [5, 5.41) is 8.65. The van der Waals surface area contributed by atoms with Crippen LogP contribution in [0.4, 0.5) is 0 Å². The van der Waals surface area contributed by atoms with Gasteiger partial charge in [-0.2, -0.15) is 5.26 Å². The average Bonchev–Trinajstić information content (AvgIpc) is 2.15. The Morgan fingerprint density at radius 3 is 2.69 bits per heavy atom. The smallest absolute Gasteiger partial charge is 0.161 e. The molecule has 0 bridgehead atoms. The Hall–Kier alpha value is -1.67. The highest BCUT2D eigenvalue weighted by atomic mass is 32.2. The standard InChI is InChI=1S/C11H11NO3S/c1-9(13)7-16(14,15)8-11-4-2-3-10(5-11)6-12/h2-5H,7-8H2,1H3. The molecule has 0 atom stereocenters. The normalized spacial score (nSPS) is 10.8. The highest BCUT2D eigenvalue weighted by molar-refractivity contribution is 7.91. The van der Waals surface area contributed by atoms with Crippen LogP contribution in [0.25, 0.3) is 0 Å². The van der Waals surface area contributed by atoms with Crippen LogP contribution in [0.3, 0.4) is 0 Å². The maximum absolute atomic E-state index is 11.5. The van der Waals surface area contributed by atoms with E-state index >= 15 is 0 Å². The van der Waals surface area contributed by atoms with Crippen molar-refractivity contribution in [2.75, 3.05) is 5.75 Å². The van der Waals surface area contributed by atoms with E-state index in [9.17, 15) is 13.2 Å². The Labute approximate surface area is 94.4 Å². The van der Waals surface area contributed by atoms with E-state index in [0.29, 0.717) is 11.1 Å². The molecule has 0 aliphatic carbocycles. The Bertz CT molecular complexity index is 541. The number of sulfone groups is 1. The third kappa shape index (κ3) is 3.83. The van der Waals surface area contributed by atoms with Crippen molar-refractivity contribution in [3.63, 3.8) is 0 Å². The largest absolute Gasteiger partial charge is 0.299 e. The lowest BCUT2D eigenvalue weighted by Gasteiger charge is -2.02. The second kappa shape index (κ2) is 4.90. The van der Waals surface area contributed by atoms with Gasteiger partial charge in [0.2, 0.25) is 0 Å². The average molecular weight is 237 g/mol. The summed E-state index contributed by atoms with van der Waals surface area (Å²) >= 11 is 0. The molecule has 0 heterocycles. The number of hydrogen-bond donors (Lipinski definition) is 0. The van der Waals surface area contributed by atoms with Crippen LogP contribution in [0.15, 0.2) is 24.3 Å². The fraction of sp³-hybridized carbons (Fsp3) is 0.273. The van der Waals surface area contributed by atoms with Crippen molar-refractivity contribution in [1.29, 1.82) is 5.26 Å². The zero-order chi connectivity index (χ0) is 12.2. The van der Waals surface area contributed by atoms with Crippen molar-refractivity contribution in [3.05, 3.63) is 35.4 Å². The summed E-state index contributed by atoms with van der Waals surface area (Å²) in [6, 6.07) is 8.29. The van der Waals surface area contributed by atoms with Crippen LogP contribution in [-0.4, -0.2) is 20.0 Å². The van der Waals surface area contributed by atoms with Crippen molar-refractivity contribution in [3.8, 4) is 6.07 Å². The molecule has 0 radical (unpaired) electrons. The van der Waals surface area contributed by atoms with E-state index in [2.05, 4.69) is 0 Å². The quantitative estimate of drug-likeness (QED) is 0.784. The van der Waals surface area contributed by atoms with Crippen LogP contribution in [0.5, 0.6) is 0 Å². The minimum atomic E-state index is -3.42. The summed E-state index contributed by atoms with van der Waals surface area (Å²) in [6.45, 7) is 1.24. The van der Waals surface area contributed by atoms with Gasteiger partial charge in [0, 0.05) is 0 Å². The fourth-order valence-electron chi connectivity index (χ4n) is 1.35. The van der Waals surface area contributed by atoms with Crippen LogP contribution in [0.1, 0.15) is 18.1 Å². The van der Waals surface area contributed by atoms with Gasteiger partial charge >= 0.3 is 0 Å². The zero-order valence-electron chi connectivity index (χ0n) is 8.80. The van der Waals surface area contributed by atoms with Gasteiger partial charge in [-0.15, -0.1) is 0 Å². The lowest BCUT2D eigenvalue weighted by atomic mass is 10.2. The van der Waals surface area contributed by atoms with Crippen LogP contribution in [0.2, 0.25) is 0 Å². The summed E-state index contributed by atoms with van der Waals surface area (Å²) in [6.07, 6.45) is 0. The Morgan fingerprint density at radius 1 is 1.44 bits per heavy atom. The van der Waals surface area contributed by atoms with E-state index in [4.69, 9.17) is 5.26 Å². The number of nitriles is 1. The van der Waals surface area contributed by atoms with Gasteiger partial charge in [0.25, 0.3) is 0 Å². The summed E-state index contributed by atoms with van der Waals surface area (Å²) in [5.74, 6) is -1.04. The SMILES string of the molecule is CC(=O)CS(=O)(=O)Cc1cccc(C#N)c1. The summed E-state index contributed by atoms with van der Waals surface area (Å²) in [5.41, 5.74) is 0.941. The van der Waals surface area contributed by atoms with Crippen LogP contribution in [-0.2, 0) is 20.4 Å². The predicted octanol–water partition coefficient (Wildman–Crippen LogP) is 1.06. The fourth-order valence-corrected chi connectivity index (χ4v) is 2.75. The van der Waals surface area contributed by atoms with E-state index in [0.717, 1.165) is 0 Å². The first kappa shape index (κ1) is 12.4. The molecule has 84 valence electrons. The molecule has 0 saturated carbocycles. The number of hydrogen-bond acceptors (Lipinski definition) is 4. The number of ketones is 1. The number of carbonyl (C=O) groups excluding carboxylic acids is 1. The van der Waals surface area contributed by atoms with Gasteiger partial charge in [0.1, 0.15) is 11.5 Å². The summed E-state index contributed by atoms with van der Waals surface area (Å²) in [4.78, 5) is 10.7. The predicted molar refractivity (Wildman–Crippen MR) is 59.3 cm³/mol. The topological polar surface area (TPSA) is 75.0 Å². The number of carbonyl (C=O) groups is 1. The monoisotopic (exact) mass is 237 g/mol. The Morgan fingerprint density at radius 2 is 2.12 bits per heavy atom. The second-order valence-corrected chi connectivity index (χ2v) is 5.61. The van der Waals surface area contributed by atoms with E-state index in [-0.39, 0.29) is 11.5 Å². The third-order valence-corrected chi connectivity index (χ3v) is 3.49. The minimum absolute atomic E-state index is 0.206.